The number of aromatic nitrogens is 1. The number of pyridine rings is 1. The van der Waals surface area contributed by atoms with Gasteiger partial charge in [0.05, 0.1) is 23.7 Å². The molecule has 19 heavy (non-hydrogen) atoms. The van der Waals surface area contributed by atoms with E-state index in [2.05, 4.69) is 23.0 Å². The predicted molar refractivity (Wildman–Crippen MR) is 79.4 cm³/mol. The van der Waals surface area contributed by atoms with Crippen molar-refractivity contribution in [1.29, 1.82) is 0 Å². The Bertz CT molecular complexity index is 369. The Morgan fingerprint density at radius 3 is 2.47 bits per heavy atom. The molecule has 0 aromatic carbocycles. The maximum Gasteiger partial charge on any atom is 0.0957 e. The van der Waals surface area contributed by atoms with Crippen LogP contribution in [-0.4, -0.2) is 23.2 Å². The summed E-state index contributed by atoms with van der Waals surface area (Å²) in [7, 11) is 2.17. The largest absolute Gasteiger partial charge is 0.387 e. The first-order valence-corrected chi connectivity index (χ1v) is 7.59. The number of hydrogen-bond acceptors (Lipinski definition) is 3. The van der Waals surface area contributed by atoms with Crippen LogP contribution in [0, 0.1) is 0 Å². The molecule has 0 spiro atoms. The summed E-state index contributed by atoms with van der Waals surface area (Å²) in [6, 6.07) is 4.69. The fraction of sp³-hybridized carbons (Fsp3) is 0.688. The highest BCUT2D eigenvalue weighted by atomic mass is 16.3. The summed E-state index contributed by atoms with van der Waals surface area (Å²) in [6.45, 7) is 1.97. The van der Waals surface area contributed by atoms with E-state index < -0.39 is 6.10 Å². The van der Waals surface area contributed by atoms with E-state index in [1.165, 1.54) is 44.2 Å². The van der Waals surface area contributed by atoms with E-state index in [9.17, 15) is 5.11 Å². The minimum Gasteiger partial charge on any atom is -0.387 e. The van der Waals surface area contributed by atoms with Gasteiger partial charge in [0.2, 0.25) is 0 Å². The molecule has 1 saturated carbocycles. The van der Waals surface area contributed by atoms with Crippen LogP contribution in [0.25, 0.3) is 0 Å². The molecule has 0 aliphatic heterocycles. The van der Waals surface area contributed by atoms with Gasteiger partial charge in [-0.3, -0.25) is 4.98 Å². The SMILES string of the molecule is CC[C@@H](O)c1ccc(N(C)C2CCCCCC2)cn1. The fourth-order valence-electron chi connectivity index (χ4n) is 2.87. The van der Waals surface area contributed by atoms with Crippen LogP contribution in [0.5, 0.6) is 0 Å². The fourth-order valence-corrected chi connectivity index (χ4v) is 2.87. The molecule has 1 atom stereocenters. The average Bonchev–Trinajstić information content (AvgIpc) is 2.75. The van der Waals surface area contributed by atoms with Crippen molar-refractivity contribution < 1.29 is 5.11 Å². The summed E-state index contributed by atoms with van der Waals surface area (Å²) < 4.78 is 0. The van der Waals surface area contributed by atoms with Crippen molar-refractivity contribution >= 4 is 5.69 Å². The molecule has 0 radical (unpaired) electrons. The lowest BCUT2D eigenvalue weighted by atomic mass is 10.1. The molecule has 1 aromatic heterocycles. The first-order chi connectivity index (χ1) is 9.22. The Kier molecular flexibility index (Phi) is 5.20. The van der Waals surface area contributed by atoms with E-state index in [4.69, 9.17) is 0 Å². The lowest BCUT2D eigenvalue weighted by molar-refractivity contribution is 0.169. The monoisotopic (exact) mass is 262 g/mol. The second kappa shape index (κ2) is 6.90. The Morgan fingerprint density at radius 1 is 1.26 bits per heavy atom. The van der Waals surface area contributed by atoms with E-state index in [1.807, 2.05) is 19.2 Å². The van der Waals surface area contributed by atoms with Gasteiger partial charge in [-0.1, -0.05) is 32.6 Å². The normalized spacial score (nSPS) is 18.9. The van der Waals surface area contributed by atoms with E-state index in [-0.39, 0.29) is 0 Å². The first kappa shape index (κ1) is 14.3. The van der Waals surface area contributed by atoms with E-state index >= 15 is 0 Å². The number of aliphatic hydroxyl groups is 1. The number of hydrogen-bond donors (Lipinski definition) is 1. The molecule has 3 nitrogen and oxygen atoms in total. The number of nitrogens with zero attached hydrogens (tertiary/aromatic N) is 2. The maximum atomic E-state index is 9.77. The summed E-state index contributed by atoms with van der Waals surface area (Å²) in [6.07, 6.45) is 10.2. The molecule has 0 unspecified atom stereocenters. The van der Waals surface area contributed by atoms with Crippen LogP contribution in [-0.2, 0) is 0 Å². The van der Waals surface area contributed by atoms with Gasteiger partial charge in [0, 0.05) is 13.1 Å². The lowest BCUT2D eigenvalue weighted by Gasteiger charge is -2.29. The molecule has 1 N–H and O–H groups in total. The molecule has 1 fully saturated rings. The lowest BCUT2D eigenvalue weighted by Crippen LogP contribution is -2.31. The molecule has 106 valence electrons. The van der Waals surface area contributed by atoms with Gasteiger partial charge in [-0.2, -0.15) is 0 Å². The van der Waals surface area contributed by atoms with Crippen LogP contribution in [0.1, 0.15) is 63.7 Å². The van der Waals surface area contributed by atoms with E-state index in [1.54, 1.807) is 0 Å². The Labute approximate surface area is 116 Å². The molecule has 3 heteroatoms. The molecular weight excluding hydrogens is 236 g/mol. The summed E-state index contributed by atoms with van der Waals surface area (Å²) in [5, 5.41) is 9.77. The average molecular weight is 262 g/mol. The zero-order valence-corrected chi connectivity index (χ0v) is 12.2. The minimum atomic E-state index is -0.433. The molecule has 1 aromatic rings. The number of anilines is 1. The summed E-state index contributed by atoms with van der Waals surface area (Å²) in [5.41, 5.74) is 1.94. The molecule has 0 amide bonds. The van der Waals surface area contributed by atoms with Gasteiger partial charge in [-0.15, -0.1) is 0 Å². The highest BCUT2D eigenvalue weighted by molar-refractivity contribution is 5.45. The number of rotatable bonds is 4. The van der Waals surface area contributed by atoms with Gasteiger partial charge >= 0.3 is 0 Å². The van der Waals surface area contributed by atoms with Crippen LogP contribution in [0.15, 0.2) is 18.3 Å². The van der Waals surface area contributed by atoms with Gasteiger partial charge in [-0.25, -0.2) is 0 Å². The van der Waals surface area contributed by atoms with Crippen molar-refractivity contribution in [2.45, 2.75) is 64.0 Å². The Morgan fingerprint density at radius 2 is 1.95 bits per heavy atom. The predicted octanol–water partition coefficient (Wildman–Crippen LogP) is 3.68. The number of aliphatic hydroxyl groups excluding tert-OH is 1. The van der Waals surface area contributed by atoms with Crippen LogP contribution in [0.4, 0.5) is 5.69 Å². The third-order valence-corrected chi connectivity index (χ3v) is 4.28. The highest BCUT2D eigenvalue weighted by Gasteiger charge is 2.17. The van der Waals surface area contributed by atoms with Gasteiger partial charge in [0.1, 0.15) is 0 Å². The molecule has 2 rings (SSSR count). The van der Waals surface area contributed by atoms with Crippen LogP contribution in [0.2, 0.25) is 0 Å². The van der Waals surface area contributed by atoms with Gasteiger partial charge in [-0.05, 0) is 31.4 Å². The van der Waals surface area contributed by atoms with E-state index in [0.29, 0.717) is 12.5 Å². The second-order valence-corrected chi connectivity index (χ2v) is 5.62. The summed E-state index contributed by atoms with van der Waals surface area (Å²) in [5.74, 6) is 0. The van der Waals surface area contributed by atoms with Crippen molar-refractivity contribution in [3.63, 3.8) is 0 Å². The minimum absolute atomic E-state index is 0.433. The molecule has 0 saturated heterocycles. The highest BCUT2D eigenvalue weighted by Crippen LogP contribution is 2.25. The molecule has 0 bridgehead atoms. The van der Waals surface area contributed by atoms with Crippen LogP contribution in [0.3, 0.4) is 0 Å². The van der Waals surface area contributed by atoms with Crippen molar-refractivity contribution in [1.82, 2.24) is 4.98 Å². The van der Waals surface area contributed by atoms with Gasteiger partial charge < -0.3 is 10.0 Å². The van der Waals surface area contributed by atoms with Crippen molar-refractivity contribution in [3.8, 4) is 0 Å². The standard InChI is InChI=1S/C16H26N2O/c1-3-16(19)15-11-10-14(12-17-15)18(2)13-8-6-4-5-7-9-13/h10-13,16,19H,3-9H2,1-2H3/t16-/m1/s1. The zero-order valence-electron chi connectivity index (χ0n) is 12.2. The summed E-state index contributed by atoms with van der Waals surface area (Å²) >= 11 is 0. The third kappa shape index (κ3) is 3.69. The zero-order chi connectivity index (χ0) is 13.7. The van der Waals surface area contributed by atoms with Gasteiger partial charge in [0.25, 0.3) is 0 Å². The molecule has 1 heterocycles. The third-order valence-electron chi connectivity index (χ3n) is 4.28. The quantitative estimate of drug-likeness (QED) is 0.841. The van der Waals surface area contributed by atoms with E-state index in [0.717, 1.165) is 5.69 Å². The van der Waals surface area contributed by atoms with Crippen molar-refractivity contribution in [2.24, 2.45) is 0 Å². The van der Waals surface area contributed by atoms with Crippen LogP contribution >= 0.6 is 0 Å². The van der Waals surface area contributed by atoms with Gasteiger partial charge in [0.15, 0.2) is 0 Å². The van der Waals surface area contributed by atoms with Crippen molar-refractivity contribution in [2.75, 3.05) is 11.9 Å². The maximum absolute atomic E-state index is 9.77. The molecular formula is C16H26N2O. The smallest absolute Gasteiger partial charge is 0.0957 e. The summed E-state index contributed by atoms with van der Waals surface area (Å²) in [4.78, 5) is 6.76. The molecule has 1 aliphatic rings. The molecule has 1 aliphatic carbocycles. The topological polar surface area (TPSA) is 36.4 Å². The first-order valence-electron chi connectivity index (χ1n) is 7.59. The Hall–Kier alpha value is -1.09. The van der Waals surface area contributed by atoms with Crippen LogP contribution < -0.4 is 4.90 Å². The van der Waals surface area contributed by atoms with Crippen molar-refractivity contribution in [3.05, 3.63) is 24.0 Å². The Balaban J connectivity index is 2.03. The second-order valence-electron chi connectivity index (χ2n) is 5.62.